The minimum Gasteiger partial charge on any atom is -0.464 e. The number of anilines is 1. The third-order valence-corrected chi connectivity index (χ3v) is 13.7. The lowest BCUT2D eigenvalue weighted by Gasteiger charge is -2.39. The zero-order chi connectivity index (χ0) is 38.6. The minimum absolute atomic E-state index is 0.117. The Balaban J connectivity index is 1.02. The Morgan fingerprint density at radius 1 is 0.789 bits per heavy atom. The molecule has 2 atom stereocenters. The lowest BCUT2D eigenvalue weighted by molar-refractivity contribution is 0.476. The molecule has 11 rings (SSSR count). The summed E-state index contributed by atoms with van der Waals surface area (Å²) in [5, 5.41) is 1.32. The van der Waals surface area contributed by atoms with E-state index >= 15 is 0 Å². The summed E-state index contributed by atoms with van der Waals surface area (Å²) in [6.45, 7) is 14.0. The van der Waals surface area contributed by atoms with Gasteiger partial charge in [-0.1, -0.05) is 131 Å². The zero-order valence-corrected chi connectivity index (χ0v) is 33.2. The maximum Gasteiger partial charge on any atom is 0.142 e. The number of hydrogen-bond donors (Lipinski definition) is 0. The van der Waals surface area contributed by atoms with Gasteiger partial charge in [0.25, 0.3) is 0 Å². The van der Waals surface area contributed by atoms with E-state index in [4.69, 9.17) is 9.15 Å². The lowest BCUT2D eigenvalue weighted by Crippen LogP contribution is -2.36. The molecule has 0 radical (unpaired) electrons. The van der Waals surface area contributed by atoms with Gasteiger partial charge >= 0.3 is 0 Å². The molecule has 2 heterocycles. The first kappa shape index (κ1) is 34.2. The van der Waals surface area contributed by atoms with E-state index in [0.717, 1.165) is 53.9 Å². The molecule has 2 unspecified atom stereocenters. The van der Waals surface area contributed by atoms with Gasteiger partial charge in [0.1, 0.15) is 17.1 Å². The van der Waals surface area contributed by atoms with Gasteiger partial charge in [-0.15, -0.1) is 0 Å². The Kier molecular flexibility index (Phi) is 7.48. The van der Waals surface area contributed by atoms with E-state index in [1.807, 2.05) is 12.2 Å². The van der Waals surface area contributed by atoms with Gasteiger partial charge in [0, 0.05) is 50.2 Å². The first-order valence-corrected chi connectivity index (χ1v) is 20.6. The van der Waals surface area contributed by atoms with Crippen LogP contribution < -0.4 is 9.64 Å². The maximum absolute atomic E-state index is 6.45. The average molecular weight is 742 g/mol. The smallest absolute Gasteiger partial charge is 0.142 e. The maximum atomic E-state index is 6.45. The fourth-order valence-corrected chi connectivity index (χ4v) is 10.8. The molecule has 1 aliphatic heterocycles. The molecule has 57 heavy (non-hydrogen) atoms. The monoisotopic (exact) mass is 741 g/mol. The normalized spacial score (nSPS) is 22.7. The number of fused-ring (bicyclic) bond motifs is 11. The Bertz CT molecular complexity index is 2790. The first-order valence-electron chi connectivity index (χ1n) is 20.6. The Morgan fingerprint density at radius 3 is 2.47 bits per heavy atom. The first-order chi connectivity index (χ1) is 27.7. The van der Waals surface area contributed by atoms with Crippen LogP contribution in [-0.2, 0) is 17.3 Å². The number of benzene rings is 4. The van der Waals surface area contributed by atoms with Crippen LogP contribution in [0.3, 0.4) is 0 Å². The summed E-state index contributed by atoms with van der Waals surface area (Å²) < 4.78 is 12.9. The summed E-state index contributed by atoms with van der Waals surface area (Å²) in [7, 11) is 0. The molecular weight excluding hydrogens is 695 g/mol. The third-order valence-electron chi connectivity index (χ3n) is 13.7. The third kappa shape index (κ3) is 5.04. The van der Waals surface area contributed by atoms with E-state index in [9.17, 15) is 0 Å². The van der Waals surface area contributed by atoms with Gasteiger partial charge in [0.2, 0.25) is 0 Å². The highest BCUT2D eigenvalue weighted by Gasteiger charge is 2.44. The van der Waals surface area contributed by atoms with Gasteiger partial charge in [-0.25, -0.2) is 0 Å². The highest BCUT2D eigenvalue weighted by Crippen LogP contribution is 2.57. The number of rotatable bonds is 4. The second-order valence-electron chi connectivity index (χ2n) is 17.6. The van der Waals surface area contributed by atoms with E-state index < -0.39 is 0 Å². The molecule has 6 aliphatic rings. The molecule has 280 valence electrons. The van der Waals surface area contributed by atoms with Crippen molar-refractivity contribution >= 4 is 33.9 Å². The average Bonchev–Trinajstić information content (AvgIpc) is 3.79. The van der Waals surface area contributed by atoms with Crippen molar-refractivity contribution in [1.29, 1.82) is 0 Å². The molecule has 0 bridgehead atoms. The molecule has 5 aliphatic carbocycles. The predicted molar refractivity (Wildman–Crippen MR) is 237 cm³/mol. The molecule has 3 heteroatoms. The molecule has 0 saturated carbocycles. The summed E-state index contributed by atoms with van der Waals surface area (Å²) in [4.78, 5) is 2.62. The van der Waals surface area contributed by atoms with Crippen molar-refractivity contribution in [2.24, 2.45) is 0 Å². The highest BCUT2D eigenvalue weighted by atomic mass is 16.5. The summed E-state index contributed by atoms with van der Waals surface area (Å²) >= 11 is 0. The molecule has 0 amide bonds. The van der Waals surface area contributed by atoms with Crippen LogP contribution in [0.5, 0.6) is 5.75 Å². The van der Waals surface area contributed by atoms with E-state index in [2.05, 4.69) is 161 Å². The fourth-order valence-electron chi connectivity index (χ4n) is 10.8. The van der Waals surface area contributed by atoms with E-state index in [1.54, 1.807) is 6.26 Å². The molecule has 3 nitrogen and oxygen atoms in total. The summed E-state index contributed by atoms with van der Waals surface area (Å²) in [6.07, 6.45) is 28.2. The van der Waals surface area contributed by atoms with Crippen molar-refractivity contribution in [3.8, 4) is 16.9 Å². The van der Waals surface area contributed by atoms with Gasteiger partial charge in [0.15, 0.2) is 0 Å². The molecule has 0 N–H and O–H groups in total. The quantitative estimate of drug-likeness (QED) is 0.183. The van der Waals surface area contributed by atoms with Crippen molar-refractivity contribution in [3.63, 3.8) is 0 Å². The van der Waals surface area contributed by atoms with Crippen molar-refractivity contribution in [1.82, 2.24) is 0 Å². The predicted octanol–water partition coefficient (Wildman–Crippen LogP) is 13.7. The van der Waals surface area contributed by atoms with Crippen molar-refractivity contribution in [2.45, 2.75) is 76.2 Å². The molecule has 0 saturated heterocycles. The Labute approximate surface area is 336 Å². The van der Waals surface area contributed by atoms with Crippen LogP contribution in [0.4, 0.5) is 5.69 Å². The minimum atomic E-state index is -0.197. The number of hydrogen-bond acceptors (Lipinski definition) is 3. The largest absolute Gasteiger partial charge is 0.464 e. The van der Waals surface area contributed by atoms with E-state index in [1.165, 1.54) is 72.4 Å². The molecule has 0 fully saturated rings. The Hall–Kier alpha value is -6.06. The summed E-state index contributed by atoms with van der Waals surface area (Å²) in [6, 6.07) is 27.3. The van der Waals surface area contributed by atoms with Gasteiger partial charge in [0.05, 0.1) is 12.3 Å². The van der Waals surface area contributed by atoms with Crippen LogP contribution in [0, 0.1) is 0 Å². The number of nitrogens with zero attached hydrogens (tertiary/aromatic N) is 1. The second-order valence-corrected chi connectivity index (χ2v) is 17.6. The molecule has 4 aromatic carbocycles. The van der Waals surface area contributed by atoms with Crippen molar-refractivity contribution in [3.05, 3.63) is 196 Å². The van der Waals surface area contributed by atoms with Crippen LogP contribution in [0.25, 0.3) is 39.3 Å². The van der Waals surface area contributed by atoms with E-state index in [0.29, 0.717) is 5.92 Å². The SMILES string of the molecule is C=C1/C=C\C=C/Oc2c1ccc1c2C2=C(CC(N(C3=CCC(c4ccccc4)C=C3)c3ccc4c(c3)C(C)(C)c3c-4ccc4oc5c(c34)CCC=C5)C=C2)C1(C)C. The number of aryl methyl sites for hydroxylation is 1. The van der Waals surface area contributed by atoms with Crippen LogP contribution in [0.15, 0.2) is 156 Å². The van der Waals surface area contributed by atoms with Gasteiger partial charge in [-0.05, 0) is 112 Å². The molecule has 5 aromatic rings. The van der Waals surface area contributed by atoms with Crippen LogP contribution >= 0.6 is 0 Å². The van der Waals surface area contributed by atoms with Crippen LogP contribution in [0.2, 0.25) is 0 Å². The number of furan rings is 1. The van der Waals surface area contributed by atoms with E-state index in [-0.39, 0.29) is 16.9 Å². The summed E-state index contributed by atoms with van der Waals surface area (Å²) in [5.74, 6) is 2.30. The molecule has 1 aromatic heterocycles. The number of allylic oxidation sites excluding steroid dienone is 10. The fraction of sp³-hybridized carbons (Fsp3) is 0.222. The Morgan fingerprint density at radius 2 is 1.63 bits per heavy atom. The summed E-state index contributed by atoms with van der Waals surface area (Å²) in [5.41, 5.74) is 18.6. The van der Waals surface area contributed by atoms with Gasteiger partial charge in [-0.2, -0.15) is 0 Å². The van der Waals surface area contributed by atoms with Gasteiger partial charge in [-0.3, -0.25) is 0 Å². The second kappa shape index (κ2) is 12.5. The van der Waals surface area contributed by atoms with Crippen molar-refractivity contribution in [2.75, 3.05) is 4.90 Å². The van der Waals surface area contributed by atoms with Crippen LogP contribution in [-0.4, -0.2) is 6.04 Å². The molecular formula is C54H47NO2. The van der Waals surface area contributed by atoms with Crippen LogP contribution in [0.1, 0.15) is 97.6 Å². The van der Waals surface area contributed by atoms with Crippen molar-refractivity contribution < 1.29 is 9.15 Å². The lowest BCUT2D eigenvalue weighted by atomic mass is 9.77. The standard InChI is InChI=1S/C54H47NO2/c1-33-13-11-12-30-56-52-39(33)26-28-44-49(52)42-25-23-38(32-46(42)53(44,2)3)55(36-20-18-35(19-21-36)34-14-7-6-8-15-34)37-22-24-40-41-27-29-48-50(43-16-9-10-17-47(43)57-48)51(41)54(4,5)45(40)31-37/h6-8,10-15,17-18,20-31,35,38H,1,9,16,19,32H2,2-5H3/b13-11-,30-12-. The topological polar surface area (TPSA) is 25.6 Å². The highest BCUT2D eigenvalue weighted by molar-refractivity contribution is 5.99. The molecule has 0 spiro atoms. The van der Waals surface area contributed by atoms with Gasteiger partial charge < -0.3 is 14.1 Å². The number of ether oxygens (including phenoxy) is 1. The zero-order valence-electron chi connectivity index (χ0n) is 33.2.